The van der Waals surface area contributed by atoms with Crippen molar-refractivity contribution < 1.29 is 32.9 Å². The van der Waals surface area contributed by atoms with Gasteiger partial charge in [-0.1, -0.05) is 277 Å². The fourth-order valence-electron chi connectivity index (χ4n) is 8.87. The van der Waals surface area contributed by atoms with Crippen molar-refractivity contribution in [2.45, 2.75) is 309 Å². The molecule has 8 nitrogen and oxygen atoms in total. The quantitative estimate of drug-likeness (QED) is 0.0357. The molecule has 0 aromatic rings. The Kier molecular flexibility index (Phi) is 47.2. The predicted octanol–water partition coefficient (Wildman–Crippen LogP) is 16.2. The number of amides is 1. The summed E-state index contributed by atoms with van der Waals surface area (Å²) in [6.45, 7) is 4.58. The van der Waals surface area contributed by atoms with Gasteiger partial charge in [-0.2, -0.15) is 0 Å². The monoisotopic (exact) mass is 929 g/mol. The molecule has 0 bridgehead atoms. The van der Waals surface area contributed by atoms with Crippen LogP contribution in [0, 0.1) is 0 Å². The summed E-state index contributed by atoms with van der Waals surface area (Å²) in [5, 5.41) is 13.6. The van der Waals surface area contributed by atoms with Gasteiger partial charge in [0.05, 0.1) is 39.9 Å². The highest BCUT2D eigenvalue weighted by Crippen LogP contribution is 2.38. The van der Waals surface area contributed by atoms with E-state index >= 15 is 0 Å². The number of rotatable bonds is 53. The zero-order valence-electron chi connectivity index (χ0n) is 43.8. The van der Waals surface area contributed by atoms with Gasteiger partial charge in [-0.15, -0.1) is 0 Å². The highest BCUT2D eigenvalue weighted by Gasteiger charge is 2.24. The summed E-state index contributed by atoms with van der Waals surface area (Å²) in [7, 11) is 1.31. The Bertz CT molecular complexity index is 1010. The molecule has 0 heterocycles. The van der Waals surface area contributed by atoms with E-state index in [1.54, 1.807) is 0 Å². The van der Waals surface area contributed by atoms with Crippen molar-refractivity contribution in [1.82, 2.24) is 5.32 Å². The van der Waals surface area contributed by atoms with Crippen molar-refractivity contribution in [2.24, 2.45) is 0 Å². The minimum Gasteiger partial charge on any atom is -0.756 e. The molecule has 3 atom stereocenters. The van der Waals surface area contributed by atoms with E-state index in [-0.39, 0.29) is 19.1 Å². The van der Waals surface area contributed by atoms with Crippen LogP contribution < -0.4 is 10.2 Å². The average molecular weight is 929 g/mol. The minimum atomic E-state index is -4.54. The molecule has 0 aliphatic heterocycles. The number of nitrogens with zero attached hydrogens (tertiary/aromatic N) is 1. The Morgan fingerprint density at radius 3 is 1.06 bits per heavy atom. The van der Waals surface area contributed by atoms with Gasteiger partial charge < -0.3 is 28.8 Å². The number of quaternary nitrogens is 1. The van der Waals surface area contributed by atoms with Crippen LogP contribution >= 0.6 is 7.82 Å². The van der Waals surface area contributed by atoms with Crippen LogP contribution in [0.15, 0.2) is 0 Å². The van der Waals surface area contributed by atoms with Gasteiger partial charge in [0.1, 0.15) is 13.2 Å². The molecule has 0 rings (SSSR count). The maximum absolute atomic E-state index is 12.7. The van der Waals surface area contributed by atoms with Crippen molar-refractivity contribution in [3.63, 3.8) is 0 Å². The molecule has 0 aliphatic carbocycles. The first-order chi connectivity index (χ1) is 31.0. The molecule has 2 N–H and O–H groups in total. The second-order valence-corrected chi connectivity index (χ2v) is 22.4. The molecule has 9 heteroatoms. The van der Waals surface area contributed by atoms with E-state index in [0.29, 0.717) is 23.9 Å². The maximum atomic E-state index is 12.7. The highest BCUT2D eigenvalue weighted by atomic mass is 31.2. The number of unbranched alkanes of at least 4 members (excludes halogenated alkanes) is 40. The Labute approximate surface area is 399 Å². The maximum Gasteiger partial charge on any atom is 0.268 e. The van der Waals surface area contributed by atoms with Gasteiger partial charge >= 0.3 is 0 Å². The highest BCUT2D eigenvalue weighted by molar-refractivity contribution is 7.45. The van der Waals surface area contributed by atoms with Gasteiger partial charge in [-0.05, 0) is 12.8 Å². The summed E-state index contributed by atoms with van der Waals surface area (Å²) in [6, 6.07) is -0.790. The molecule has 0 aromatic carbocycles. The number of carbonyl (C=O) groups excluding carboxylic acids is 1. The van der Waals surface area contributed by atoms with Gasteiger partial charge in [0.15, 0.2) is 0 Å². The van der Waals surface area contributed by atoms with Crippen molar-refractivity contribution in [2.75, 3.05) is 40.9 Å². The molecule has 0 radical (unpaired) electrons. The first-order valence-electron chi connectivity index (χ1n) is 28.4. The number of phosphoric acid groups is 1. The second-order valence-electron chi connectivity index (χ2n) is 21.0. The molecule has 0 fully saturated rings. The lowest BCUT2D eigenvalue weighted by Crippen LogP contribution is -2.46. The Morgan fingerprint density at radius 2 is 0.766 bits per heavy atom. The van der Waals surface area contributed by atoms with Crippen LogP contribution in [0.5, 0.6) is 0 Å². The van der Waals surface area contributed by atoms with Crippen LogP contribution in [0.1, 0.15) is 296 Å². The Morgan fingerprint density at radius 1 is 0.484 bits per heavy atom. The van der Waals surface area contributed by atoms with Crippen molar-refractivity contribution in [3.8, 4) is 0 Å². The Hall–Kier alpha value is -0.500. The molecule has 0 aromatic heterocycles. The van der Waals surface area contributed by atoms with Crippen LogP contribution in [0.3, 0.4) is 0 Å². The smallest absolute Gasteiger partial charge is 0.268 e. The van der Waals surface area contributed by atoms with Crippen molar-refractivity contribution >= 4 is 13.7 Å². The summed E-state index contributed by atoms with van der Waals surface area (Å²) in [5.41, 5.74) is 0. The molecule has 1 amide bonds. The molecule has 0 saturated carbocycles. The number of nitrogens with one attached hydrogen (secondary N) is 1. The molecule has 0 saturated heterocycles. The van der Waals surface area contributed by atoms with Gasteiger partial charge in [0.2, 0.25) is 5.91 Å². The van der Waals surface area contributed by atoms with Crippen LogP contribution in [0.2, 0.25) is 0 Å². The van der Waals surface area contributed by atoms with Crippen molar-refractivity contribution in [3.05, 3.63) is 0 Å². The second kappa shape index (κ2) is 47.6. The lowest BCUT2D eigenvalue weighted by Gasteiger charge is -2.30. The van der Waals surface area contributed by atoms with E-state index in [1.807, 2.05) is 21.1 Å². The molecule has 64 heavy (non-hydrogen) atoms. The Balaban J connectivity index is 3.53. The number of hydrogen-bond acceptors (Lipinski definition) is 6. The topological polar surface area (TPSA) is 108 Å². The van der Waals surface area contributed by atoms with Gasteiger partial charge in [-0.25, -0.2) is 0 Å². The lowest BCUT2D eigenvalue weighted by molar-refractivity contribution is -0.870. The van der Waals surface area contributed by atoms with E-state index in [1.165, 1.54) is 231 Å². The SMILES string of the molecule is CCCCCCCCCCCCCCCCCCCCCCCCCCCCCCCCCCCCCCCCCC(=O)NC(COP(=O)([O-])OCC[N+](C)(C)C)C(O)CCCCC. The van der Waals surface area contributed by atoms with Crippen LogP contribution in [-0.2, 0) is 18.4 Å². The number of carbonyl (C=O) groups is 1. The zero-order chi connectivity index (χ0) is 47.1. The number of hydrogen-bond donors (Lipinski definition) is 2. The summed E-state index contributed by atoms with van der Waals surface area (Å²) in [5.74, 6) is -0.170. The lowest BCUT2D eigenvalue weighted by atomic mass is 10.0. The molecule has 3 unspecified atom stereocenters. The third kappa shape index (κ3) is 49.4. The normalized spacial score (nSPS) is 13.9. The predicted molar refractivity (Wildman–Crippen MR) is 275 cm³/mol. The van der Waals surface area contributed by atoms with E-state index in [9.17, 15) is 19.4 Å². The fourth-order valence-corrected chi connectivity index (χ4v) is 9.59. The molecular weight excluding hydrogens is 816 g/mol. The summed E-state index contributed by atoms with van der Waals surface area (Å²) in [4.78, 5) is 25.0. The fraction of sp³-hybridized carbons (Fsp3) is 0.982. The standard InChI is InChI=1S/C55H113N2O6P/c1-6-8-10-11-12-13-14-15-16-17-18-19-20-21-22-23-24-25-26-27-28-29-30-31-32-33-34-35-36-37-38-39-40-41-42-43-44-45-47-49-55(59)56-53(54(58)48-46-9-7-2)52-63-64(60,61)62-51-50-57(3,4)5/h53-54,58H,6-52H2,1-5H3,(H-,56,59,60,61). The first kappa shape index (κ1) is 63.5. The van der Waals surface area contributed by atoms with Crippen LogP contribution in [0.4, 0.5) is 0 Å². The number of aliphatic hydroxyl groups excluding tert-OH is 1. The van der Waals surface area contributed by atoms with Gasteiger partial charge in [0, 0.05) is 6.42 Å². The molecule has 0 spiro atoms. The molecular formula is C55H113N2O6P. The number of phosphoric ester groups is 1. The third-order valence-electron chi connectivity index (χ3n) is 13.3. The van der Waals surface area contributed by atoms with Crippen LogP contribution in [-0.4, -0.2) is 68.5 Å². The number of likely N-dealkylation sites (N-methyl/N-ethyl adjacent to an activating group) is 1. The molecule has 0 aliphatic rings. The molecule has 384 valence electrons. The van der Waals surface area contributed by atoms with E-state index in [0.717, 1.165) is 38.5 Å². The van der Waals surface area contributed by atoms with E-state index in [4.69, 9.17) is 9.05 Å². The summed E-state index contributed by atoms with van der Waals surface area (Å²) in [6.07, 6.45) is 57.1. The minimum absolute atomic E-state index is 0.0140. The average Bonchev–Trinajstić information content (AvgIpc) is 3.25. The third-order valence-corrected chi connectivity index (χ3v) is 14.3. The summed E-state index contributed by atoms with van der Waals surface area (Å²) >= 11 is 0. The van der Waals surface area contributed by atoms with Crippen LogP contribution in [0.25, 0.3) is 0 Å². The summed E-state index contributed by atoms with van der Waals surface area (Å²) < 4.78 is 23.0. The number of aliphatic hydroxyl groups is 1. The largest absolute Gasteiger partial charge is 0.756 e. The van der Waals surface area contributed by atoms with E-state index in [2.05, 4.69) is 19.2 Å². The van der Waals surface area contributed by atoms with Crippen molar-refractivity contribution in [1.29, 1.82) is 0 Å². The van der Waals surface area contributed by atoms with E-state index < -0.39 is 20.0 Å². The first-order valence-corrected chi connectivity index (χ1v) is 29.8. The van der Waals surface area contributed by atoms with Gasteiger partial charge in [-0.3, -0.25) is 9.36 Å². The van der Waals surface area contributed by atoms with Gasteiger partial charge in [0.25, 0.3) is 7.82 Å². The zero-order valence-corrected chi connectivity index (χ0v) is 44.7.